The maximum absolute atomic E-state index is 12.5. The molecule has 10 nitrogen and oxygen atoms in total. The van der Waals surface area contributed by atoms with Gasteiger partial charge in [-0.2, -0.15) is 10.2 Å². The molecule has 3 rings (SSSR count). The van der Waals surface area contributed by atoms with Crippen molar-refractivity contribution in [2.45, 2.75) is 13.5 Å². The van der Waals surface area contributed by atoms with Gasteiger partial charge in [0.05, 0.1) is 11.9 Å². The third-order valence-electron chi connectivity index (χ3n) is 4.03. The molecule has 0 radical (unpaired) electrons. The van der Waals surface area contributed by atoms with Crippen LogP contribution in [0.15, 0.2) is 23.7 Å². The zero-order chi connectivity index (χ0) is 17.8. The van der Waals surface area contributed by atoms with Gasteiger partial charge in [0.25, 0.3) is 0 Å². The molecule has 1 N–H and O–H groups in total. The summed E-state index contributed by atoms with van der Waals surface area (Å²) >= 11 is 0. The lowest BCUT2D eigenvalue weighted by Crippen LogP contribution is -2.55. The fourth-order valence-electron chi connectivity index (χ4n) is 2.71. The van der Waals surface area contributed by atoms with E-state index in [2.05, 4.69) is 25.5 Å². The van der Waals surface area contributed by atoms with E-state index in [1.54, 1.807) is 20.5 Å². The standard InChI is InChI=1S/C15H23N9O.HI/c1-4-16-15(17-8-13-18-11-20-22(13)3)23-5-6-24(14(25)10-23)12-7-19-21(2)9-12;/h7,9,11H,4-6,8,10H2,1-3H3,(H,16,17);1H. The molecule has 26 heavy (non-hydrogen) atoms. The van der Waals surface area contributed by atoms with Gasteiger partial charge >= 0.3 is 0 Å². The summed E-state index contributed by atoms with van der Waals surface area (Å²) in [6.45, 7) is 4.72. The van der Waals surface area contributed by atoms with Crippen LogP contribution in [0.3, 0.4) is 0 Å². The van der Waals surface area contributed by atoms with Gasteiger partial charge in [0, 0.05) is 39.9 Å². The number of aromatic nitrogens is 5. The number of carbonyl (C=O) groups is 1. The van der Waals surface area contributed by atoms with Crippen molar-refractivity contribution in [2.75, 3.05) is 31.1 Å². The summed E-state index contributed by atoms with van der Waals surface area (Å²) in [5, 5.41) is 11.4. The normalized spacial score (nSPS) is 15.2. The van der Waals surface area contributed by atoms with E-state index in [4.69, 9.17) is 0 Å². The number of carbonyl (C=O) groups excluding carboxylic acids is 1. The maximum Gasteiger partial charge on any atom is 0.246 e. The molecule has 0 unspecified atom stereocenters. The van der Waals surface area contributed by atoms with Crippen LogP contribution in [0.4, 0.5) is 5.69 Å². The average Bonchev–Trinajstić information content (AvgIpc) is 3.20. The molecule has 0 spiro atoms. The van der Waals surface area contributed by atoms with Crippen LogP contribution in [0.2, 0.25) is 0 Å². The Bertz CT molecular complexity index is 769. The second kappa shape index (κ2) is 8.96. The van der Waals surface area contributed by atoms with Crippen molar-refractivity contribution in [3.05, 3.63) is 24.5 Å². The lowest BCUT2D eigenvalue weighted by Gasteiger charge is -2.35. The van der Waals surface area contributed by atoms with Gasteiger partial charge < -0.3 is 15.1 Å². The number of rotatable bonds is 4. The van der Waals surface area contributed by atoms with Crippen molar-refractivity contribution >= 4 is 41.5 Å². The molecule has 11 heteroatoms. The predicted molar refractivity (Wildman–Crippen MR) is 108 cm³/mol. The first-order valence-corrected chi connectivity index (χ1v) is 8.23. The van der Waals surface area contributed by atoms with Gasteiger partial charge in [-0.05, 0) is 6.92 Å². The van der Waals surface area contributed by atoms with Crippen LogP contribution in [0.1, 0.15) is 12.7 Å². The predicted octanol–water partition coefficient (Wildman–Crippen LogP) is -0.0191. The number of hydrogen-bond acceptors (Lipinski definition) is 5. The number of aliphatic imine (C=N–C) groups is 1. The quantitative estimate of drug-likeness (QED) is 0.381. The summed E-state index contributed by atoms with van der Waals surface area (Å²) in [5.74, 6) is 1.52. The molecule has 1 aliphatic heterocycles. The summed E-state index contributed by atoms with van der Waals surface area (Å²) in [4.78, 5) is 25.0. The zero-order valence-electron chi connectivity index (χ0n) is 15.2. The number of amides is 1. The molecule has 1 aliphatic rings. The number of nitrogens with one attached hydrogen (secondary N) is 1. The Labute approximate surface area is 169 Å². The minimum atomic E-state index is 0. The Kier molecular flexibility index (Phi) is 6.94. The van der Waals surface area contributed by atoms with Crippen molar-refractivity contribution in [2.24, 2.45) is 19.1 Å². The van der Waals surface area contributed by atoms with E-state index in [1.165, 1.54) is 6.33 Å². The molecular weight excluding hydrogens is 449 g/mol. The highest BCUT2D eigenvalue weighted by atomic mass is 127. The van der Waals surface area contributed by atoms with Gasteiger partial charge in [-0.25, -0.2) is 9.98 Å². The largest absolute Gasteiger partial charge is 0.356 e. The summed E-state index contributed by atoms with van der Waals surface area (Å²) in [6, 6.07) is 0. The summed E-state index contributed by atoms with van der Waals surface area (Å²) in [5.41, 5.74) is 0.827. The van der Waals surface area contributed by atoms with Gasteiger partial charge in [-0.15, -0.1) is 24.0 Å². The molecule has 2 aromatic rings. The van der Waals surface area contributed by atoms with Crippen LogP contribution in [0, 0.1) is 0 Å². The Morgan fingerprint density at radius 3 is 2.69 bits per heavy atom. The number of piperazine rings is 1. The lowest BCUT2D eigenvalue weighted by atomic mass is 10.3. The molecule has 0 saturated carbocycles. The summed E-state index contributed by atoms with van der Waals surface area (Å²) in [7, 11) is 3.67. The summed E-state index contributed by atoms with van der Waals surface area (Å²) < 4.78 is 3.39. The molecule has 1 fully saturated rings. The first-order chi connectivity index (χ1) is 12.1. The van der Waals surface area contributed by atoms with Crippen LogP contribution < -0.4 is 10.2 Å². The van der Waals surface area contributed by atoms with E-state index in [1.807, 2.05) is 32.1 Å². The molecular formula is C15H24IN9O. The van der Waals surface area contributed by atoms with Crippen molar-refractivity contribution < 1.29 is 4.79 Å². The molecule has 142 valence electrons. The molecule has 0 atom stereocenters. The molecule has 1 saturated heterocycles. The highest BCUT2D eigenvalue weighted by Gasteiger charge is 2.27. The van der Waals surface area contributed by atoms with Gasteiger partial charge in [0.1, 0.15) is 25.2 Å². The third-order valence-corrected chi connectivity index (χ3v) is 4.03. The monoisotopic (exact) mass is 473 g/mol. The molecule has 2 aromatic heterocycles. The smallest absolute Gasteiger partial charge is 0.246 e. The van der Waals surface area contributed by atoms with Crippen LogP contribution in [-0.4, -0.2) is 67.5 Å². The van der Waals surface area contributed by atoms with Gasteiger partial charge in [0.2, 0.25) is 5.91 Å². The van der Waals surface area contributed by atoms with Gasteiger partial charge in [0.15, 0.2) is 5.96 Å². The molecule has 0 aromatic carbocycles. The first-order valence-electron chi connectivity index (χ1n) is 8.23. The SMILES string of the molecule is CCNC(=NCc1ncnn1C)N1CCN(c2cnn(C)c2)C(=O)C1.I. The average molecular weight is 473 g/mol. The fourth-order valence-corrected chi connectivity index (χ4v) is 2.71. The number of guanidine groups is 1. The van der Waals surface area contributed by atoms with Crippen molar-refractivity contribution in [3.63, 3.8) is 0 Å². The summed E-state index contributed by atoms with van der Waals surface area (Å²) in [6.07, 6.45) is 5.07. The molecule has 0 aliphatic carbocycles. The highest BCUT2D eigenvalue weighted by Crippen LogP contribution is 2.16. The van der Waals surface area contributed by atoms with Crippen molar-refractivity contribution in [1.82, 2.24) is 34.8 Å². The minimum absolute atomic E-state index is 0. The number of aryl methyl sites for hydroxylation is 2. The van der Waals surface area contributed by atoms with E-state index in [0.717, 1.165) is 18.1 Å². The van der Waals surface area contributed by atoms with Crippen LogP contribution in [-0.2, 0) is 25.4 Å². The molecule has 0 bridgehead atoms. The lowest BCUT2D eigenvalue weighted by molar-refractivity contribution is -0.120. The first kappa shape index (κ1) is 20.1. The van der Waals surface area contributed by atoms with Gasteiger partial charge in [-0.3, -0.25) is 14.2 Å². The van der Waals surface area contributed by atoms with E-state index >= 15 is 0 Å². The van der Waals surface area contributed by atoms with E-state index in [0.29, 0.717) is 25.6 Å². The third kappa shape index (κ3) is 4.51. The zero-order valence-corrected chi connectivity index (χ0v) is 17.5. The topological polar surface area (TPSA) is 96.5 Å². The van der Waals surface area contributed by atoms with Crippen LogP contribution >= 0.6 is 24.0 Å². The Balaban J connectivity index is 0.00000243. The fraction of sp³-hybridized carbons (Fsp3) is 0.533. The number of halogens is 1. The van der Waals surface area contributed by atoms with E-state index < -0.39 is 0 Å². The Morgan fingerprint density at radius 2 is 2.12 bits per heavy atom. The maximum atomic E-state index is 12.5. The van der Waals surface area contributed by atoms with Gasteiger partial charge in [-0.1, -0.05) is 0 Å². The highest BCUT2D eigenvalue weighted by molar-refractivity contribution is 14.0. The Morgan fingerprint density at radius 1 is 1.31 bits per heavy atom. The second-order valence-corrected chi connectivity index (χ2v) is 5.81. The second-order valence-electron chi connectivity index (χ2n) is 5.81. The van der Waals surface area contributed by atoms with E-state index in [9.17, 15) is 4.79 Å². The number of nitrogens with zero attached hydrogens (tertiary/aromatic N) is 8. The number of hydrogen-bond donors (Lipinski definition) is 1. The van der Waals surface area contributed by atoms with E-state index in [-0.39, 0.29) is 36.4 Å². The molecule has 3 heterocycles. The Hall–Kier alpha value is -2.18. The number of anilines is 1. The van der Waals surface area contributed by atoms with Crippen LogP contribution in [0.25, 0.3) is 0 Å². The van der Waals surface area contributed by atoms with Crippen molar-refractivity contribution in [1.29, 1.82) is 0 Å². The van der Waals surface area contributed by atoms with Crippen LogP contribution in [0.5, 0.6) is 0 Å². The minimum Gasteiger partial charge on any atom is -0.356 e. The van der Waals surface area contributed by atoms with Crippen molar-refractivity contribution in [3.8, 4) is 0 Å². The molecule has 1 amide bonds.